The zero-order chi connectivity index (χ0) is 27.6. The first-order chi connectivity index (χ1) is 18.9. The van der Waals surface area contributed by atoms with E-state index in [0.717, 1.165) is 60.5 Å². The number of carbonyl (C=O) groups is 2. The monoisotopic (exact) mass is 547 g/mol. The third-order valence-electron chi connectivity index (χ3n) is 6.70. The number of nitrogens with zero attached hydrogens (tertiary/aromatic N) is 2. The summed E-state index contributed by atoms with van der Waals surface area (Å²) in [6.07, 6.45) is 7.15. The lowest BCUT2D eigenvalue weighted by Crippen LogP contribution is -2.46. The number of aryl methyl sites for hydroxylation is 1. The van der Waals surface area contributed by atoms with Crippen LogP contribution in [0.15, 0.2) is 59.8 Å². The van der Waals surface area contributed by atoms with Crippen molar-refractivity contribution in [2.75, 3.05) is 25.4 Å². The van der Waals surface area contributed by atoms with E-state index in [0.29, 0.717) is 23.6 Å². The first-order valence-corrected chi connectivity index (χ1v) is 14.2. The van der Waals surface area contributed by atoms with Crippen LogP contribution >= 0.6 is 11.8 Å². The van der Waals surface area contributed by atoms with Gasteiger partial charge in [-0.1, -0.05) is 11.8 Å². The van der Waals surface area contributed by atoms with Gasteiger partial charge in [0, 0.05) is 53.2 Å². The van der Waals surface area contributed by atoms with Gasteiger partial charge in [-0.05, 0) is 86.6 Å². The van der Waals surface area contributed by atoms with Crippen molar-refractivity contribution in [3.8, 4) is 11.8 Å². The van der Waals surface area contributed by atoms with E-state index in [1.54, 1.807) is 37.0 Å². The highest BCUT2D eigenvalue weighted by Gasteiger charge is 2.24. The molecule has 7 nitrogen and oxygen atoms in total. The fourth-order valence-electron chi connectivity index (χ4n) is 4.39. The molecule has 1 fully saturated rings. The molecule has 39 heavy (non-hydrogen) atoms. The van der Waals surface area contributed by atoms with E-state index < -0.39 is 6.04 Å². The molecule has 0 spiro atoms. The van der Waals surface area contributed by atoms with Crippen LogP contribution in [0.3, 0.4) is 0 Å². The quantitative estimate of drug-likeness (QED) is 0.214. The molecule has 4 rings (SSSR count). The minimum Gasteiger partial charge on any atom is -0.352 e. The summed E-state index contributed by atoms with van der Waals surface area (Å²) in [6.45, 7) is 3.73. The SMILES string of the molecule is CC(N)C(=O)N1CCC(CSc2ccc(C(=O)NCCCc3cn[nH]c3)cc2C#Cc2ccc(F)cc2)CC1. The molecule has 1 aliphatic rings. The van der Waals surface area contributed by atoms with Gasteiger partial charge in [-0.2, -0.15) is 5.10 Å². The smallest absolute Gasteiger partial charge is 0.251 e. The zero-order valence-corrected chi connectivity index (χ0v) is 22.9. The highest BCUT2D eigenvalue weighted by molar-refractivity contribution is 7.99. The molecule has 1 aromatic heterocycles. The van der Waals surface area contributed by atoms with Crippen LogP contribution in [0.5, 0.6) is 0 Å². The van der Waals surface area contributed by atoms with E-state index in [1.165, 1.54) is 12.1 Å². The van der Waals surface area contributed by atoms with E-state index in [1.807, 2.05) is 29.3 Å². The lowest BCUT2D eigenvalue weighted by Gasteiger charge is -2.32. The zero-order valence-electron chi connectivity index (χ0n) is 22.1. The molecule has 2 aromatic carbocycles. The van der Waals surface area contributed by atoms with Gasteiger partial charge in [-0.3, -0.25) is 14.7 Å². The molecule has 1 saturated heterocycles. The maximum Gasteiger partial charge on any atom is 0.251 e. The predicted molar refractivity (Wildman–Crippen MR) is 152 cm³/mol. The van der Waals surface area contributed by atoms with Gasteiger partial charge in [0.15, 0.2) is 0 Å². The van der Waals surface area contributed by atoms with Crippen molar-refractivity contribution in [2.24, 2.45) is 11.7 Å². The average Bonchev–Trinajstić information content (AvgIpc) is 3.47. The molecule has 1 atom stereocenters. The highest BCUT2D eigenvalue weighted by atomic mass is 32.2. The minimum atomic E-state index is -0.467. The summed E-state index contributed by atoms with van der Waals surface area (Å²) >= 11 is 1.72. The van der Waals surface area contributed by atoms with Gasteiger partial charge in [-0.25, -0.2) is 4.39 Å². The summed E-state index contributed by atoms with van der Waals surface area (Å²) < 4.78 is 13.3. The summed E-state index contributed by atoms with van der Waals surface area (Å²) in [5.41, 5.74) is 8.88. The van der Waals surface area contributed by atoms with Crippen LogP contribution < -0.4 is 11.1 Å². The van der Waals surface area contributed by atoms with Gasteiger partial charge in [0.2, 0.25) is 5.91 Å². The number of rotatable bonds is 9. The van der Waals surface area contributed by atoms with Crippen molar-refractivity contribution in [2.45, 2.75) is 43.5 Å². The standard InChI is InChI=1S/C30H34FN5O2S/c1-21(32)30(38)36-15-12-23(13-16-36)20-39-28-11-8-26(29(37)33-14-2-3-24-18-34-35-19-24)17-25(28)7-4-22-5-9-27(31)10-6-22/h5-6,8-11,17-19,21,23H,2-3,12-16,20,32H2,1H3,(H,33,37)(H,34,35). The van der Waals surface area contributed by atoms with Crippen LogP contribution in [0.2, 0.25) is 0 Å². The molecule has 9 heteroatoms. The van der Waals surface area contributed by atoms with Crippen molar-refractivity contribution < 1.29 is 14.0 Å². The van der Waals surface area contributed by atoms with Crippen molar-refractivity contribution in [1.82, 2.24) is 20.4 Å². The minimum absolute atomic E-state index is 0.00907. The van der Waals surface area contributed by atoms with Crippen molar-refractivity contribution in [3.05, 3.63) is 82.9 Å². The van der Waals surface area contributed by atoms with Crippen molar-refractivity contribution in [3.63, 3.8) is 0 Å². The molecule has 0 saturated carbocycles. The van der Waals surface area contributed by atoms with E-state index in [2.05, 4.69) is 27.4 Å². The summed E-state index contributed by atoms with van der Waals surface area (Å²) in [6, 6.07) is 11.2. The Bertz CT molecular complexity index is 1310. The lowest BCUT2D eigenvalue weighted by molar-refractivity contribution is -0.133. The van der Waals surface area contributed by atoms with Gasteiger partial charge in [0.05, 0.1) is 12.2 Å². The number of hydrogen-bond donors (Lipinski definition) is 3. The molecule has 0 radical (unpaired) electrons. The van der Waals surface area contributed by atoms with Crippen LogP contribution in [0, 0.1) is 23.6 Å². The molecule has 1 aliphatic heterocycles. The van der Waals surface area contributed by atoms with Crippen LogP contribution in [-0.4, -0.2) is 58.3 Å². The number of aromatic amines is 1. The Morgan fingerprint density at radius 3 is 2.67 bits per heavy atom. The number of likely N-dealkylation sites (tertiary alicyclic amines) is 1. The Kier molecular flexibility index (Phi) is 10.2. The summed E-state index contributed by atoms with van der Waals surface area (Å²) in [7, 11) is 0. The normalized spacial score (nSPS) is 14.4. The first-order valence-electron chi connectivity index (χ1n) is 13.2. The number of nitrogens with one attached hydrogen (secondary N) is 2. The summed E-state index contributed by atoms with van der Waals surface area (Å²) in [5.74, 6) is 7.23. The maximum atomic E-state index is 13.3. The van der Waals surface area contributed by atoms with E-state index in [-0.39, 0.29) is 17.6 Å². The Morgan fingerprint density at radius 2 is 1.97 bits per heavy atom. The van der Waals surface area contributed by atoms with Gasteiger partial charge < -0.3 is 16.0 Å². The van der Waals surface area contributed by atoms with E-state index in [9.17, 15) is 14.0 Å². The maximum absolute atomic E-state index is 13.3. The van der Waals surface area contributed by atoms with Gasteiger partial charge in [-0.15, -0.1) is 11.8 Å². The van der Waals surface area contributed by atoms with Gasteiger partial charge in [0.1, 0.15) is 5.82 Å². The van der Waals surface area contributed by atoms with Crippen LogP contribution in [-0.2, 0) is 11.2 Å². The molecule has 1 unspecified atom stereocenters. The third kappa shape index (κ3) is 8.44. The number of carbonyl (C=O) groups excluding carboxylic acids is 2. The van der Waals surface area contributed by atoms with E-state index >= 15 is 0 Å². The molecule has 0 bridgehead atoms. The number of H-pyrrole nitrogens is 1. The molecule has 2 amide bonds. The number of piperidine rings is 1. The molecule has 204 valence electrons. The van der Waals surface area contributed by atoms with Crippen molar-refractivity contribution >= 4 is 23.6 Å². The average molecular weight is 548 g/mol. The molecular formula is C30H34FN5O2S. The lowest BCUT2D eigenvalue weighted by atomic mass is 9.98. The number of nitrogens with two attached hydrogens (primary N) is 1. The third-order valence-corrected chi connectivity index (χ3v) is 8.01. The van der Waals surface area contributed by atoms with Crippen LogP contribution in [0.4, 0.5) is 4.39 Å². The number of thioether (sulfide) groups is 1. The molecular weight excluding hydrogens is 513 g/mol. The predicted octanol–water partition coefficient (Wildman–Crippen LogP) is 3.99. The Balaban J connectivity index is 1.41. The second-order valence-corrected chi connectivity index (χ2v) is 10.9. The Morgan fingerprint density at radius 1 is 1.21 bits per heavy atom. The molecule has 0 aliphatic carbocycles. The Hall–Kier alpha value is -3.61. The van der Waals surface area contributed by atoms with Gasteiger partial charge >= 0.3 is 0 Å². The summed E-state index contributed by atoms with van der Waals surface area (Å²) in [5, 5.41) is 9.72. The largest absolute Gasteiger partial charge is 0.352 e. The van der Waals surface area contributed by atoms with Crippen LogP contribution in [0.1, 0.15) is 53.2 Å². The van der Waals surface area contributed by atoms with Crippen molar-refractivity contribution in [1.29, 1.82) is 0 Å². The number of halogens is 1. The summed E-state index contributed by atoms with van der Waals surface area (Å²) in [4.78, 5) is 27.9. The Labute approximate surface area is 233 Å². The number of amides is 2. The van der Waals surface area contributed by atoms with E-state index in [4.69, 9.17) is 5.73 Å². The highest BCUT2D eigenvalue weighted by Crippen LogP contribution is 2.29. The number of aromatic nitrogens is 2. The second-order valence-electron chi connectivity index (χ2n) is 9.80. The van der Waals surface area contributed by atoms with Crippen LogP contribution in [0.25, 0.3) is 0 Å². The fourth-order valence-corrected chi connectivity index (χ4v) is 5.57. The first kappa shape index (κ1) is 28.4. The molecule has 2 heterocycles. The number of benzene rings is 2. The van der Waals surface area contributed by atoms with Gasteiger partial charge in [0.25, 0.3) is 5.91 Å². The molecule has 4 N–H and O–H groups in total. The second kappa shape index (κ2) is 14.0. The number of hydrogen-bond acceptors (Lipinski definition) is 5. The topological polar surface area (TPSA) is 104 Å². The fraction of sp³-hybridized carbons (Fsp3) is 0.367. The molecule has 3 aromatic rings.